The predicted molar refractivity (Wildman–Crippen MR) is 61.4 cm³/mol. The molecule has 1 N–H and O–H groups in total. The molecule has 1 rings (SSSR count). The van der Waals surface area contributed by atoms with Crippen molar-refractivity contribution in [1.82, 2.24) is 5.32 Å². The van der Waals surface area contributed by atoms with E-state index in [1.807, 2.05) is 37.3 Å². The lowest BCUT2D eigenvalue weighted by Gasteiger charge is -2.19. The Balaban J connectivity index is 2.65. The van der Waals surface area contributed by atoms with Gasteiger partial charge in [-0.1, -0.05) is 30.3 Å². The van der Waals surface area contributed by atoms with E-state index in [2.05, 4.69) is 17.9 Å². The van der Waals surface area contributed by atoms with Gasteiger partial charge in [0.1, 0.15) is 0 Å². The normalized spacial score (nSPS) is 14.5. The van der Waals surface area contributed by atoms with E-state index in [1.54, 1.807) is 0 Å². The number of carbonyl (C=O) groups is 1. The molecule has 0 aliphatic carbocycles. The average molecular weight is 209 g/mol. The van der Waals surface area contributed by atoms with E-state index in [4.69, 9.17) is 0 Å². The van der Waals surface area contributed by atoms with Crippen molar-refractivity contribution in [2.24, 2.45) is 0 Å². The summed E-state index contributed by atoms with van der Waals surface area (Å²) in [6.07, 6.45) is 0. The third-order valence-electron chi connectivity index (χ3n) is 2.05. The number of benzene rings is 1. The Bertz CT molecular complexity index is 299. The molecule has 0 saturated carbocycles. The minimum absolute atomic E-state index is 0.0209. The summed E-state index contributed by atoms with van der Waals surface area (Å²) in [6, 6.07) is 9.97. The van der Waals surface area contributed by atoms with Crippen LogP contribution < -0.4 is 5.32 Å². The molecule has 2 nitrogen and oxygen atoms in total. The van der Waals surface area contributed by atoms with Crippen LogP contribution in [-0.2, 0) is 4.79 Å². The summed E-state index contributed by atoms with van der Waals surface area (Å²) < 4.78 is 0. The van der Waals surface area contributed by atoms with Gasteiger partial charge in [0.25, 0.3) is 0 Å². The average Bonchev–Trinajstić information content (AvgIpc) is 2.17. The van der Waals surface area contributed by atoms with Gasteiger partial charge in [0.2, 0.25) is 5.91 Å². The van der Waals surface area contributed by atoms with E-state index >= 15 is 0 Å². The second-order valence-electron chi connectivity index (χ2n) is 3.34. The lowest BCUT2D eigenvalue weighted by Crippen LogP contribution is -2.33. The number of amides is 1. The summed E-state index contributed by atoms with van der Waals surface area (Å²) in [5.74, 6) is -0.0209. The SMILES string of the molecule is CC(=O)N[C@@H](C)[C@H](S)c1ccccc1. The molecule has 0 saturated heterocycles. The molecule has 0 fully saturated rings. The molecule has 0 spiro atoms. The fourth-order valence-electron chi connectivity index (χ4n) is 1.34. The lowest BCUT2D eigenvalue weighted by atomic mass is 10.1. The van der Waals surface area contributed by atoms with Crippen molar-refractivity contribution in [1.29, 1.82) is 0 Å². The molecule has 0 aliphatic rings. The van der Waals surface area contributed by atoms with Crippen LogP contribution in [0.15, 0.2) is 30.3 Å². The number of hydrogen-bond acceptors (Lipinski definition) is 2. The highest BCUT2D eigenvalue weighted by Gasteiger charge is 2.15. The van der Waals surface area contributed by atoms with Crippen LogP contribution in [0.5, 0.6) is 0 Å². The summed E-state index contributed by atoms with van der Waals surface area (Å²) in [5, 5.41) is 2.87. The number of thiol groups is 1. The second kappa shape index (κ2) is 5.05. The first-order valence-electron chi connectivity index (χ1n) is 4.61. The Morgan fingerprint density at radius 3 is 2.43 bits per heavy atom. The summed E-state index contributed by atoms with van der Waals surface area (Å²) in [7, 11) is 0. The second-order valence-corrected chi connectivity index (χ2v) is 3.90. The van der Waals surface area contributed by atoms with Crippen molar-refractivity contribution in [3.8, 4) is 0 Å². The van der Waals surface area contributed by atoms with Crippen molar-refractivity contribution in [3.05, 3.63) is 35.9 Å². The van der Waals surface area contributed by atoms with Crippen molar-refractivity contribution in [2.75, 3.05) is 0 Å². The van der Waals surface area contributed by atoms with E-state index in [0.717, 1.165) is 5.56 Å². The Morgan fingerprint density at radius 2 is 1.93 bits per heavy atom. The molecule has 3 heteroatoms. The van der Waals surface area contributed by atoms with Crippen LogP contribution in [0, 0.1) is 0 Å². The quantitative estimate of drug-likeness (QED) is 0.734. The van der Waals surface area contributed by atoms with Crippen molar-refractivity contribution >= 4 is 18.5 Å². The van der Waals surface area contributed by atoms with Crippen LogP contribution in [0.2, 0.25) is 0 Å². The first-order valence-corrected chi connectivity index (χ1v) is 5.13. The van der Waals surface area contributed by atoms with Gasteiger partial charge in [0.05, 0.1) is 0 Å². The van der Waals surface area contributed by atoms with Crippen LogP contribution in [0.1, 0.15) is 24.7 Å². The van der Waals surface area contributed by atoms with Crippen LogP contribution >= 0.6 is 12.6 Å². The highest BCUT2D eigenvalue weighted by molar-refractivity contribution is 7.80. The summed E-state index contributed by atoms with van der Waals surface area (Å²) in [5.41, 5.74) is 1.12. The standard InChI is InChI=1S/C11H15NOS/c1-8(12-9(2)13)11(14)10-6-4-3-5-7-10/h3-8,11,14H,1-2H3,(H,12,13)/t8-,11-/m0/s1. The molecular weight excluding hydrogens is 194 g/mol. The van der Waals surface area contributed by atoms with Gasteiger partial charge in [0.15, 0.2) is 0 Å². The van der Waals surface area contributed by atoms with Crippen LogP contribution in [0.25, 0.3) is 0 Å². The zero-order valence-corrected chi connectivity index (χ0v) is 9.29. The minimum Gasteiger partial charge on any atom is -0.352 e. The molecule has 1 aromatic carbocycles. The maximum atomic E-state index is 10.8. The Morgan fingerprint density at radius 1 is 1.36 bits per heavy atom. The predicted octanol–water partition coefficient (Wildman–Crippen LogP) is 2.18. The summed E-state index contributed by atoms with van der Waals surface area (Å²) in [6.45, 7) is 3.47. The summed E-state index contributed by atoms with van der Waals surface area (Å²) >= 11 is 4.47. The maximum Gasteiger partial charge on any atom is 0.217 e. The minimum atomic E-state index is -0.0209. The highest BCUT2D eigenvalue weighted by Crippen LogP contribution is 2.22. The van der Waals surface area contributed by atoms with E-state index in [0.29, 0.717) is 0 Å². The highest BCUT2D eigenvalue weighted by atomic mass is 32.1. The van der Waals surface area contributed by atoms with Crippen LogP contribution in [0.4, 0.5) is 0 Å². The van der Waals surface area contributed by atoms with E-state index < -0.39 is 0 Å². The molecule has 1 amide bonds. The number of rotatable bonds is 3. The number of hydrogen-bond donors (Lipinski definition) is 2. The molecule has 1 aromatic rings. The van der Waals surface area contributed by atoms with Crippen molar-refractivity contribution in [2.45, 2.75) is 25.1 Å². The van der Waals surface area contributed by atoms with Crippen LogP contribution in [-0.4, -0.2) is 11.9 Å². The van der Waals surface area contributed by atoms with E-state index in [-0.39, 0.29) is 17.2 Å². The fourth-order valence-corrected chi connectivity index (χ4v) is 1.59. The largest absolute Gasteiger partial charge is 0.352 e. The molecule has 0 radical (unpaired) electrons. The zero-order chi connectivity index (χ0) is 10.6. The molecular formula is C11H15NOS. The van der Waals surface area contributed by atoms with Crippen molar-refractivity contribution < 1.29 is 4.79 Å². The van der Waals surface area contributed by atoms with Gasteiger partial charge in [-0.05, 0) is 12.5 Å². The fraction of sp³-hybridized carbons (Fsp3) is 0.364. The Kier molecular flexibility index (Phi) is 4.01. The first-order chi connectivity index (χ1) is 6.61. The molecule has 0 aromatic heterocycles. The maximum absolute atomic E-state index is 10.8. The van der Waals surface area contributed by atoms with Gasteiger partial charge in [0, 0.05) is 18.2 Å². The van der Waals surface area contributed by atoms with Gasteiger partial charge in [-0.25, -0.2) is 0 Å². The Hall–Kier alpha value is -0.960. The van der Waals surface area contributed by atoms with Gasteiger partial charge in [-0.15, -0.1) is 0 Å². The molecule has 14 heavy (non-hydrogen) atoms. The van der Waals surface area contributed by atoms with Gasteiger partial charge >= 0.3 is 0 Å². The first kappa shape index (κ1) is 11.1. The molecule has 0 aliphatic heterocycles. The zero-order valence-electron chi connectivity index (χ0n) is 8.40. The molecule has 2 atom stereocenters. The third-order valence-corrected chi connectivity index (χ3v) is 2.79. The molecule has 0 unspecified atom stereocenters. The number of nitrogens with one attached hydrogen (secondary N) is 1. The topological polar surface area (TPSA) is 29.1 Å². The van der Waals surface area contributed by atoms with Gasteiger partial charge < -0.3 is 5.32 Å². The third kappa shape index (κ3) is 3.07. The lowest BCUT2D eigenvalue weighted by molar-refractivity contribution is -0.119. The monoisotopic (exact) mass is 209 g/mol. The molecule has 0 bridgehead atoms. The van der Waals surface area contributed by atoms with Gasteiger partial charge in [-0.2, -0.15) is 12.6 Å². The van der Waals surface area contributed by atoms with Crippen LogP contribution in [0.3, 0.4) is 0 Å². The Labute approximate surface area is 90.1 Å². The smallest absolute Gasteiger partial charge is 0.217 e. The molecule has 0 heterocycles. The molecule has 76 valence electrons. The van der Waals surface area contributed by atoms with Gasteiger partial charge in [-0.3, -0.25) is 4.79 Å². The van der Waals surface area contributed by atoms with E-state index in [9.17, 15) is 4.79 Å². The van der Waals surface area contributed by atoms with Crippen molar-refractivity contribution in [3.63, 3.8) is 0 Å². The van der Waals surface area contributed by atoms with E-state index in [1.165, 1.54) is 6.92 Å². The summed E-state index contributed by atoms with van der Waals surface area (Å²) in [4.78, 5) is 10.8. The number of carbonyl (C=O) groups excluding carboxylic acids is 1.